The molecule has 0 aliphatic heterocycles. The Hall–Kier alpha value is -7.16. The first kappa shape index (κ1) is 31.6. The van der Waals surface area contributed by atoms with Crippen LogP contribution in [0.5, 0.6) is 0 Å². The summed E-state index contributed by atoms with van der Waals surface area (Å²) in [5.74, 6) is 0. The predicted molar refractivity (Wildman–Crippen MR) is 229 cm³/mol. The van der Waals surface area contributed by atoms with Crippen molar-refractivity contribution in [1.29, 1.82) is 0 Å². The maximum atomic E-state index is 2.45. The lowest BCUT2D eigenvalue weighted by Gasteiger charge is -2.30. The third kappa shape index (κ3) is 5.36. The van der Waals surface area contributed by atoms with E-state index in [1.165, 1.54) is 54.8 Å². The summed E-state index contributed by atoms with van der Waals surface area (Å²) in [6.45, 7) is 0. The van der Waals surface area contributed by atoms with Crippen molar-refractivity contribution in [3.05, 3.63) is 218 Å². The van der Waals surface area contributed by atoms with Crippen LogP contribution in [0, 0.1) is 0 Å². The lowest BCUT2D eigenvalue weighted by molar-refractivity contribution is 1.15. The third-order valence-corrected chi connectivity index (χ3v) is 10.6. The molecule has 0 radical (unpaired) electrons. The Balaban J connectivity index is 1.25. The molecule has 0 bridgehead atoms. The molecule has 54 heavy (non-hydrogen) atoms. The first-order valence-corrected chi connectivity index (χ1v) is 18.5. The van der Waals surface area contributed by atoms with Crippen LogP contribution in [0.1, 0.15) is 0 Å². The normalized spacial score (nSPS) is 11.3. The van der Waals surface area contributed by atoms with Crippen molar-refractivity contribution in [2.45, 2.75) is 0 Å². The monoisotopic (exact) mass is 688 g/mol. The second kappa shape index (κ2) is 13.4. The van der Waals surface area contributed by atoms with Crippen LogP contribution in [-0.4, -0.2) is 4.57 Å². The molecule has 2 nitrogen and oxygen atoms in total. The lowest BCUT2D eigenvalue weighted by atomic mass is 9.91. The van der Waals surface area contributed by atoms with Crippen LogP contribution >= 0.6 is 0 Å². The molecule has 0 unspecified atom stereocenters. The fourth-order valence-electron chi connectivity index (χ4n) is 8.22. The van der Waals surface area contributed by atoms with E-state index in [2.05, 4.69) is 228 Å². The van der Waals surface area contributed by atoms with Crippen LogP contribution in [0.25, 0.3) is 71.6 Å². The highest BCUT2D eigenvalue weighted by Crippen LogP contribution is 2.46. The van der Waals surface area contributed by atoms with Crippen LogP contribution in [-0.2, 0) is 0 Å². The van der Waals surface area contributed by atoms with Crippen LogP contribution in [0.3, 0.4) is 0 Å². The number of hydrogen-bond donors (Lipinski definition) is 0. The molecule has 10 aromatic rings. The van der Waals surface area contributed by atoms with Gasteiger partial charge in [0.1, 0.15) is 0 Å². The molecule has 0 aliphatic carbocycles. The van der Waals surface area contributed by atoms with Crippen molar-refractivity contribution in [2.24, 2.45) is 0 Å². The van der Waals surface area contributed by atoms with E-state index in [-0.39, 0.29) is 0 Å². The fraction of sp³-hybridized carbons (Fsp3) is 0. The van der Waals surface area contributed by atoms with Gasteiger partial charge >= 0.3 is 0 Å². The number of para-hydroxylation sites is 5. The van der Waals surface area contributed by atoms with E-state index in [4.69, 9.17) is 0 Å². The lowest BCUT2D eigenvalue weighted by Crippen LogP contribution is -2.14. The first-order valence-electron chi connectivity index (χ1n) is 18.5. The topological polar surface area (TPSA) is 8.17 Å². The van der Waals surface area contributed by atoms with Gasteiger partial charge in [-0.2, -0.15) is 0 Å². The van der Waals surface area contributed by atoms with Gasteiger partial charge in [0.05, 0.1) is 28.1 Å². The number of fused-ring (bicyclic) bond motifs is 4. The van der Waals surface area contributed by atoms with E-state index >= 15 is 0 Å². The number of anilines is 3. The molecule has 0 atom stereocenters. The minimum absolute atomic E-state index is 1.08. The van der Waals surface area contributed by atoms with Crippen LogP contribution in [0.4, 0.5) is 17.1 Å². The highest BCUT2D eigenvalue weighted by atomic mass is 15.2. The zero-order chi connectivity index (χ0) is 35.8. The molecule has 2 heteroatoms. The first-order chi connectivity index (χ1) is 26.8. The van der Waals surface area contributed by atoms with Gasteiger partial charge in [0.15, 0.2) is 0 Å². The van der Waals surface area contributed by atoms with Gasteiger partial charge in [0.25, 0.3) is 0 Å². The van der Waals surface area contributed by atoms with Crippen molar-refractivity contribution < 1.29 is 0 Å². The minimum Gasteiger partial charge on any atom is -0.308 e. The number of benzene rings is 9. The van der Waals surface area contributed by atoms with Gasteiger partial charge in [0.2, 0.25) is 0 Å². The standard InChI is InChI=1S/C52H36N2/c1-3-18-37(19-4-1)42-26-7-10-31-47(42)53(50-34-13-14-35-51(50)54-48-32-11-8-27-45(48)46-28-9-12-33-49(46)54)41-25-15-24-40(36-41)44-30-17-23-39-22-16-29-43(52(39)44)38-20-5-2-6-21-38/h1-36H. The van der Waals surface area contributed by atoms with Gasteiger partial charge in [-0.25, -0.2) is 0 Å². The summed E-state index contributed by atoms with van der Waals surface area (Å²) in [4.78, 5) is 2.45. The quantitative estimate of drug-likeness (QED) is 0.162. The molecule has 0 fully saturated rings. The summed E-state index contributed by atoms with van der Waals surface area (Å²) >= 11 is 0. The Labute approximate surface area is 315 Å². The molecule has 0 saturated heterocycles. The average molecular weight is 689 g/mol. The summed E-state index contributed by atoms with van der Waals surface area (Å²) in [7, 11) is 0. The molecule has 1 aromatic heterocycles. The van der Waals surface area contributed by atoms with Crippen molar-refractivity contribution in [3.63, 3.8) is 0 Å². The Kier molecular flexibility index (Phi) is 7.85. The Bertz CT molecular complexity index is 2880. The van der Waals surface area contributed by atoms with E-state index in [0.29, 0.717) is 0 Å². The molecule has 1 heterocycles. The molecule has 0 N–H and O–H groups in total. The highest BCUT2D eigenvalue weighted by molar-refractivity contribution is 6.10. The van der Waals surface area contributed by atoms with E-state index < -0.39 is 0 Å². The maximum Gasteiger partial charge on any atom is 0.0702 e. The Morgan fingerprint density at radius 1 is 0.333 bits per heavy atom. The summed E-state index contributed by atoms with van der Waals surface area (Å²) in [6.07, 6.45) is 0. The number of nitrogens with zero attached hydrogens (tertiary/aromatic N) is 2. The van der Waals surface area contributed by atoms with E-state index in [1.807, 2.05) is 0 Å². The fourth-order valence-corrected chi connectivity index (χ4v) is 8.22. The van der Waals surface area contributed by atoms with Crippen molar-refractivity contribution in [2.75, 3.05) is 4.90 Å². The summed E-state index contributed by atoms with van der Waals surface area (Å²) in [5, 5.41) is 4.96. The SMILES string of the molecule is c1ccc(-c2ccccc2N(c2cccc(-c3cccc4cccc(-c5ccccc5)c34)c2)c2ccccc2-n2c3ccccc3c3ccccc32)cc1. The van der Waals surface area contributed by atoms with Gasteiger partial charge in [-0.1, -0.05) is 176 Å². The number of hydrogen-bond acceptors (Lipinski definition) is 1. The molecule has 10 rings (SSSR count). The van der Waals surface area contributed by atoms with Crippen molar-refractivity contribution >= 4 is 49.6 Å². The summed E-state index contributed by atoms with van der Waals surface area (Å²) in [6, 6.07) is 78.9. The molecule has 0 saturated carbocycles. The molecule has 254 valence electrons. The second-order valence-corrected chi connectivity index (χ2v) is 13.7. The zero-order valence-electron chi connectivity index (χ0n) is 29.7. The molecule has 0 amide bonds. The summed E-state index contributed by atoms with van der Waals surface area (Å²) < 4.78 is 2.43. The van der Waals surface area contributed by atoms with Crippen LogP contribution < -0.4 is 4.90 Å². The average Bonchev–Trinajstić information content (AvgIpc) is 3.59. The minimum atomic E-state index is 1.08. The maximum absolute atomic E-state index is 2.45. The second-order valence-electron chi connectivity index (χ2n) is 13.7. The van der Waals surface area contributed by atoms with Crippen molar-refractivity contribution in [1.82, 2.24) is 4.57 Å². The molecular weight excluding hydrogens is 653 g/mol. The molecule has 0 spiro atoms. The van der Waals surface area contributed by atoms with Gasteiger partial charge in [-0.05, 0) is 81.1 Å². The van der Waals surface area contributed by atoms with Gasteiger partial charge in [-0.15, -0.1) is 0 Å². The molecule has 0 aliphatic rings. The van der Waals surface area contributed by atoms with E-state index in [9.17, 15) is 0 Å². The Morgan fingerprint density at radius 3 is 1.50 bits per heavy atom. The predicted octanol–water partition coefficient (Wildman–Crippen LogP) is 14.4. The number of rotatable bonds is 7. The number of aromatic nitrogens is 1. The van der Waals surface area contributed by atoms with Crippen LogP contribution in [0.2, 0.25) is 0 Å². The van der Waals surface area contributed by atoms with Gasteiger partial charge in [0, 0.05) is 22.0 Å². The molecular formula is C52H36N2. The molecule has 9 aromatic carbocycles. The smallest absolute Gasteiger partial charge is 0.0702 e. The van der Waals surface area contributed by atoms with Crippen LogP contribution in [0.15, 0.2) is 218 Å². The van der Waals surface area contributed by atoms with Gasteiger partial charge < -0.3 is 9.47 Å². The Morgan fingerprint density at radius 2 is 0.815 bits per heavy atom. The largest absolute Gasteiger partial charge is 0.308 e. The van der Waals surface area contributed by atoms with Crippen molar-refractivity contribution in [3.8, 4) is 39.1 Å². The zero-order valence-corrected chi connectivity index (χ0v) is 29.7. The van der Waals surface area contributed by atoms with Gasteiger partial charge in [-0.3, -0.25) is 0 Å². The van der Waals surface area contributed by atoms with E-state index in [1.54, 1.807) is 0 Å². The van der Waals surface area contributed by atoms with E-state index in [0.717, 1.165) is 33.9 Å². The third-order valence-electron chi connectivity index (χ3n) is 10.6. The summed E-state index contributed by atoms with van der Waals surface area (Å²) in [5.41, 5.74) is 13.9. The highest BCUT2D eigenvalue weighted by Gasteiger charge is 2.23.